The van der Waals surface area contributed by atoms with Gasteiger partial charge in [0.1, 0.15) is 5.69 Å². The van der Waals surface area contributed by atoms with E-state index in [4.69, 9.17) is 0 Å². The summed E-state index contributed by atoms with van der Waals surface area (Å²) in [7, 11) is 0. The summed E-state index contributed by atoms with van der Waals surface area (Å²) in [5.41, 5.74) is 5.06. The Labute approximate surface area is 128 Å². The van der Waals surface area contributed by atoms with Crippen molar-refractivity contribution in [2.75, 3.05) is 0 Å². The van der Waals surface area contributed by atoms with E-state index in [9.17, 15) is 0 Å². The first-order chi connectivity index (χ1) is 10.8. The Morgan fingerprint density at radius 1 is 0.818 bits per heavy atom. The molecule has 0 spiro atoms. The van der Waals surface area contributed by atoms with E-state index in [1.54, 1.807) is 10.7 Å². The molecule has 4 aromatic rings. The van der Waals surface area contributed by atoms with Gasteiger partial charge in [0.15, 0.2) is 0 Å². The predicted molar refractivity (Wildman–Crippen MR) is 86.4 cm³/mol. The second kappa shape index (κ2) is 5.07. The molecular weight excluding hydrogens is 272 g/mol. The molecule has 0 saturated carbocycles. The van der Waals surface area contributed by atoms with Gasteiger partial charge in [-0.15, -0.1) is 0 Å². The van der Waals surface area contributed by atoms with Crippen LogP contribution in [0.3, 0.4) is 0 Å². The van der Waals surface area contributed by atoms with Crippen LogP contribution in [0, 0.1) is 6.92 Å². The highest BCUT2D eigenvalue weighted by atomic mass is 15.3. The molecule has 0 radical (unpaired) electrons. The third-order valence-corrected chi connectivity index (χ3v) is 3.60. The zero-order valence-electron chi connectivity index (χ0n) is 12.1. The molecule has 2 heterocycles. The molecule has 0 unspecified atom stereocenters. The van der Waals surface area contributed by atoms with Crippen molar-refractivity contribution >= 4 is 5.78 Å². The summed E-state index contributed by atoms with van der Waals surface area (Å²) in [6.07, 6.45) is 3.68. The lowest BCUT2D eigenvalue weighted by atomic mass is 10.1. The van der Waals surface area contributed by atoms with Gasteiger partial charge in [-0.3, -0.25) is 0 Å². The van der Waals surface area contributed by atoms with Crippen molar-refractivity contribution in [3.8, 4) is 22.5 Å². The summed E-state index contributed by atoms with van der Waals surface area (Å²) in [4.78, 5) is 8.95. The molecule has 2 aromatic heterocycles. The molecule has 0 aliphatic rings. The highest BCUT2D eigenvalue weighted by Crippen LogP contribution is 2.20. The minimum absolute atomic E-state index is 0.607. The minimum Gasteiger partial charge on any atom is -0.217 e. The molecule has 4 heteroatoms. The highest BCUT2D eigenvalue weighted by molar-refractivity contribution is 5.62. The van der Waals surface area contributed by atoms with Crippen LogP contribution >= 0.6 is 0 Å². The Morgan fingerprint density at radius 2 is 1.55 bits per heavy atom. The van der Waals surface area contributed by atoms with Crippen molar-refractivity contribution in [1.29, 1.82) is 0 Å². The fourth-order valence-electron chi connectivity index (χ4n) is 2.39. The lowest BCUT2D eigenvalue weighted by molar-refractivity contribution is 0.909. The van der Waals surface area contributed by atoms with Gasteiger partial charge in [0.25, 0.3) is 5.78 Å². The lowest BCUT2D eigenvalue weighted by Gasteiger charge is -1.99. The molecule has 4 rings (SSSR count). The average molecular weight is 286 g/mol. The third kappa shape index (κ3) is 2.24. The zero-order valence-corrected chi connectivity index (χ0v) is 12.1. The summed E-state index contributed by atoms with van der Waals surface area (Å²) < 4.78 is 1.73. The van der Waals surface area contributed by atoms with E-state index in [1.165, 1.54) is 5.56 Å². The molecule has 0 aliphatic carbocycles. The number of rotatable bonds is 2. The van der Waals surface area contributed by atoms with Gasteiger partial charge in [-0.25, -0.2) is 14.5 Å². The molecule has 0 bridgehead atoms. The van der Waals surface area contributed by atoms with E-state index in [2.05, 4.69) is 46.3 Å². The molecule has 0 fully saturated rings. The summed E-state index contributed by atoms with van der Waals surface area (Å²) in [6.45, 7) is 2.07. The van der Waals surface area contributed by atoms with Crippen molar-refractivity contribution in [2.45, 2.75) is 6.92 Å². The zero-order chi connectivity index (χ0) is 14.9. The molecular formula is C18H14N4. The molecule has 2 aromatic carbocycles. The van der Waals surface area contributed by atoms with E-state index in [1.807, 2.05) is 36.5 Å². The van der Waals surface area contributed by atoms with Crippen molar-refractivity contribution in [2.24, 2.45) is 0 Å². The van der Waals surface area contributed by atoms with Crippen molar-refractivity contribution in [3.05, 3.63) is 72.6 Å². The van der Waals surface area contributed by atoms with Gasteiger partial charge in [0, 0.05) is 11.1 Å². The fraction of sp³-hybridized carbons (Fsp3) is 0.0556. The molecule has 106 valence electrons. The summed E-state index contributed by atoms with van der Waals surface area (Å²) in [6, 6.07) is 18.3. The van der Waals surface area contributed by atoms with Crippen molar-refractivity contribution < 1.29 is 0 Å². The Morgan fingerprint density at radius 3 is 2.32 bits per heavy atom. The number of aryl methyl sites for hydroxylation is 1. The van der Waals surface area contributed by atoms with Crippen LogP contribution in [0.25, 0.3) is 28.3 Å². The molecule has 0 saturated heterocycles. The van der Waals surface area contributed by atoms with E-state index >= 15 is 0 Å². The number of hydrogen-bond acceptors (Lipinski definition) is 3. The molecule has 0 N–H and O–H groups in total. The van der Waals surface area contributed by atoms with Gasteiger partial charge < -0.3 is 0 Å². The van der Waals surface area contributed by atoms with Crippen LogP contribution < -0.4 is 0 Å². The fourth-order valence-corrected chi connectivity index (χ4v) is 2.39. The van der Waals surface area contributed by atoms with E-state index in [0.29, 0.717) is 5.78 Å². The number of nitrogens with zero attached hydrogens (tertiary/aromatic N) is 4. The average Bonchev–Trinajstić information content (AvgIpc) is 2.99. The first-order valence-corrected chi connectivity index (χ1v) is 7.14. The first-order valence-electron chi connectivity index (χ1n) is 7.14. The van der Waals surface area contributed by atoms with Crippen LogP contribution in [0.4, 0.5) is 0 Å². The predicted octanol–water partition coefficient (Wildman–Crippen LogP) is 3.77. The maximum absolute atomic E-state index is 4.60. The SMILES string of the molecule is Cc1ccc(-c2cn3nc(-c4ccccc4)cnc3n2)cc1. The van der Waals surface area contributed by atoms with Crippen LogP contribution in [0.2, 0.25) is 0 Å². The van der Waals surface area contributed by atoms with Gasteiger partial charge in [0.2, 0.25) is 0 Å². The monoisotopic (exact) mass is 286 g/mol. The molecule has 0 atom stereocenters. The van der Waals surface area contributed by atoms with Crippen LogP contribution in [-0.2, 0) is 0 Å². The largest absolute Gasteiger partial charge is 0.251 e. The van der Waals surface area contributed by atoms with E-state index < -0.39 is 0 Å². The van der Waals surface area contributed by atoms with Gasteiger partial charge in [-0.05, 0) is 6.92 Å². The van der Waals surface area contributed by atoms with Gasteiger partial charge in [-0.2, -0.15) is 5.10 Å². The lowest BCUT2D eigenvalue weighted by Crippen LogP contribution is -1.95. The molecule has 4 nitrogen and oxygen atoms in total. The van der Waals surface area contributed by atoms with Gasteiger partial charge in [0.05, 0.1) is 18.1 Å². The first kappa shape index (κ1) is 12.7. The van der Waals surface area contributed by atoms with Crippen LogP contribution in [-0.4, -0.2) is 19.6 Å². The maximum Gasteiger partial charge on any atom is 0.251 e. The Bertz CT molecular complexity index is 924. The summed E-state index contributed by atoms with van der Waals surface area (Å²) in [5.74, 6) is 0.607. The van der Waals surface area contributed by atoms with Crippen molar-refractivity contribution in [1.82, 2.24) is 19.6 Å². The third-order valence-electron chi connectivity index (χ3n) is 3.60. The smallest absolute Gasteiger partial charge is 0.217 e. The Balaban J connectivity index is 1.80. The molecule has 0 aliphatic heterocycles. The minimum atomic E-state index is 0.607. The topological polar surface area (TPSA) is 43.1 Å². The quantitative estimate of drug-likeness (QED) is 0.563. The number of hydrogen-bond donors (Lipinski definition) is 0. The van der Waals surface area contributed by atoms with Gasteiger partial charge >= 0.3 is 0 Å². The van der Waals surface area contributed by atoms with E-state index in [0.717, 1.165) is 22.5 Å². The Kier molecular flexibility index (Phi) is 2.93. The Hall–Kier alpha value is -3.01. The number of benzene rings is 2. The van der Waals surface area contributed by atoms with Crippen molar-refractivity contribution in [3.63, 3.8) is 0 Å². The van der Waals surface area contributed by atoms with E-state index in [-0.39, 0.29) is 0 Å². The van der Waals surface area contributed by atoms with Gasteiger partial charge in [-0.1, -0.05) is 60.2 Å². The number of imidazole rings is 1. The molecule has 22 heavy (non-hydrogen) atoms. The standard InChI is InChI=1S/C18H14N4/c1-13-7-9-15(10-8-13)17-12-22-18(20-17)19-11-16(21-22)14-5-3-2-4-6-14/h2-12H,1H3. The van der Waals surface area contributed by atoms with Crippen LogP contribution in [0.5, 0.6) is 0 Å². The normalized spacial score (nSPS) is 11.0. The van der Waals surface area contributed by atoms with Crippen LogP contribution in [0.15, 0.2) is 67.0 Å². The second-order valence-electron chi connectivity index (χ2n) is 5.25. The number of aromatic nitrogens is 4. The summed E-state index contributed by atoms with van der Waals surface area (Å²) >= 11 is 0. The summed E-state index contributed by atoms with van der Waals surface area (Å²) in [5, 5.41) is 4.60. The number of fused-ring (bicyclic) bond motifs is 1. The van der Waals surface area contributed by atoms with Crippen LogP contribution in [0.1, 0.15) is 5.56 Å². The second-order valence-corrected chi connectivity index (χ2v) is 5.25. The molecule has 0 amide bonds. The maximum atomic E-state index is 4.60. The highest BCUT2D eigenvalue weighted by Gasteiger charge is 2.07.